The Labute approximate surface area is 141 Å². The summed E-state index contributed by atoms with van der Waals surface area (Å²) < 4.78 is 4.68. The Morgan fingerprint density at radius 3 is 2.46 bits per heavy atom. The predicted molar refractivity (Wildman–Crippen MR) is 89.5 cm³/mol. The molecule has 7 heteroatoms. The lowest BCUT2D eigenvalue weighted by molar-refractivity contribution is -0.145. The van der Waals surface area contributed by atoms with Gasteiger partial charge in [-0.05, 0) is 25.1 Å². The highest BCUT2D eigenvalue weighted by molar-refractivity contribution is 5.97. The lowest BCUT2D eigenvalue weighted by Crippen LogP contribution is -2.41. The fourth-order valence-electron chi connectivity index (χ4n) is 2.28. The van der Waals surface area contributed by atoms with E-state index < -0.39 is 18.0 Å². The minimum atomic E-state index is -0.739. The fourth-order valence-corrected chi connectivity index (χ4v) is 2.28. The van der Waals surface area contributed by atoms with Gasteiger partial charge in [-0.2, -0.15) is 0 Å². The largest absolute Gasteiger partial charge is 0.469 e. The van der Waals surface area contributed by atoms with Gasteiger partial charge in [0, 0.05) is 31.3 Å². The Morgan fingerprint density at radius 2 is 1.92 bits per heavy atom. The molecule has 2 unspecified atom stereocenters. The van der Waals surface area contributed by atoms with Gasteiger partial charge in [-0.3, -0.25) is 14.4 Å². The summed E-state index contributed by atoms with van der Waals surface area (Å²) in [6, 6.07) is 6.50. The first-order chi connectivity index (χ1) is 11.2. The first-order valence-electron chi connectivity index (χ1n) is 7.67. The number of anilines is 1. The lowest BCUT2D eigenvalue weighted by Gasteiger charge is -2.26. The second-order valence-electron chi connectivity index (χ2n) is 5.75. The molecule has 2 amide bonds. The van der Waals surface area contributed by atoms with Gasteiger partial charge in [-0.25, -0.2) is 0 Å². The van der Waals surface area contributed by atoms with Crippen LogP contribution >= 0.6 is 0 Å². The molecule has 1 rings (SSSR count). The normalized spacial score (nSPS) is 12.9. The smallest absolute Gasteiger partial charge is 0.310 e. The number of hydrogen-bond donors (Lipinski definition) is 2. The predicted octanol–water partition coefficient (Wildman–Crippen LogP) is 1.28. The number of rotatable bonds is 7. The van der Waals surface area contributed by atoms with Gasteiger partial charge in [0.1, 0.15) is 0 Å². The molecular formula is C17H24N2O5. The van der Waals surface area contributed by atoms with E-state index in [1.807, 2.05) is 0 Å². The van der Waals surface area contributed by atoms with E-state index >= 15 is 0 Å². The summed E-state index contributed by atoms with van der Waals surface area (Å²) in [5.74, 6) is -1.51. The molecule has 1 aromatic rings. The van der Waals surface area contributed by atoms with Crippen molar-refractivity contribution in [2.75, 3.05) is 25.5 Å². The number of amides is 2. The van der Waals surface area contributed by atoms with Crippen LogP contribution < -0.4 is 5.32 Å². The minimum Gasteiger partial charge on any atom is -0.469 e. The Morgan fingerprint density at radius 1 is 1.25 bits per heavy atom. The van der Waals surface area contributed by atoms with Crippen LogP contribution in [0.15, 0.2) is 24.3 Å². The van der Waals surface area contributed by atoms with Crippen molar-refractivity contribution in [3.05, 3.63) is 29.8 Å². The molecule has 24 heavy (non-hydrogen) atoms. The molecule has 0 aliphatic rings. The van der Waals surface area contributed by atoms with Crippen molar-refractivity contribution in [1.29, 1.82) is 0 Å². The summed E-state index contributed by atoms with van der Waals surface area (Å²) in [4.78, 5) is 36.9. The lowest BCUT2D eigenvalue weighted by atomic mass is 10.1. The molecule has 0 saturated carbocycles. The van der Waals surface area contributed by atoms with Crippen molar-refractivity contribution in [2.24, 2.45) is 5.92 Å². The maximum absolute atomic E-state index is 12.7. The SMILES string of the molecule is COC(=O)C(C)CN(CC(C)O)C(=O)c1cccc(NC(C)=O)c1. The summed E-state index contributed by atoms with van der Waals surface area (Å²) in [5, 5.41) is 12.2. The van der Waals surface area contributed by atoms with Crippen molar-refractivity contribution in [2.45, 2.75) is 26.9 Å². The van der Waals surface area contributed by atoms with E-state index in [2.05, 4.69) is 10.1 Å². The van der Waals surface area contributed by atoms with Crippen molar-refractivity contribution >= 4 is 23.5 Å². The van der Waals surface area contributed by atoms with Crippen LogP contribution in [0.4, 0.5) is 5.69 Å². The number of aliphatic hydroxyl groups is 1. The second kappa shape index (κ2) is 9.02. The number of nitrogens with one attached hydrogen (secondary N) is 1. The van der Waals surface area contributed by atoms with E-state index in [1.165, 1.54) is 18.9 Å². The summed E-state index contributed by atoms with van der Waals surface area (Å²) >= 11 is 0. The second-order valence-corrected chi connectivity index (χ2v) is 5.75. The number of esters is 1. The molecule has 0 saturated heterocycles. The molecule has 2 N–H and O–H groups in total. The standard InChI is InChI=1S/C17H24N2O5/c1-11(17(23)24-4)9-19(10-12(2)20)16(22)14-6-5-7-15(8-14)18-13(3)21/h5-8,11-12,20H,9-10H2,1-4H3,(H,18,21). The molecule has 0 bridgehead atoms. The number of nitrogens with zero attached hydrogens (tertiary/aromatic N) is 1. The van der Waals surface area contributed by atoms with Crippen LogP contribution in [0.5, 0.6) is 0 Å². The zero-order valence-corrected chi connectivity index (χ0v) is 14.4. The Hall–Kier alpha value is -2.41. The van der Waals surface area contributed by atoms with Crippen molar-refractivity contribution in [3.8, 4) is 0 Å². The number of benzene rings is 1. The van der Waals surface area contributed by atoms with Crippen LogP contribution in [0.3, 0.4) is 0 Å². The Kier molecular flexibility index (Phi) is 7.38. The van der Waals surface area contributed by atoms with Crippen LogP contribution in [0.1, 0.15) is 31.1 Å². The zero-order chi connectivity index (χ0) is 18.3. The van der Waals surface area contributed by atoms with Crippen LogP contribution in [0.2, 0.25) is 0 Å². The highest BCUT2D eigenvalue weighted by atomic mass is 16.5. The third-order valence-electron chi connectivity index (χ3n) is 3.30. The van der Waals surface area contributed by atoms with Crippen molar-refractivity contribution < 1.29 is 24.2 Å². The van der Waals surface area contributed by atoms with E-state index in [4.69, 9.17) is 0 Å². The van der Waals surface area contributed by atoms with Crippen LogP contribution in [0.25, 0.3) is 0 Å². The molecule has 2 atom stereocenters. The molecule has 0 aliphatic heterocycles. The minimum absolute atomic E-state index is 0.0878. The van der Waals surface area contributed by atoms with Gasteiger partial charge in [-0.1, -0.05) is 13.0 Å². The Bertz CT molecular complexity index is 600. The quantitative estimate of drug-likeness (QED) is 0.731. The highest BCUT2D eigenvalue weighted by Gasteiger charge is 2.23. The van der Waals surface area contributed by atoms with Crippen LogP contribution in [0, 0.1) is 5.92 Å². The van der Waals surface area contributed by atoms with Gasteiger partial charge in [0.15, 0.2) is 0 Å². The topological polar surface area (TPSA) is 95.9 Å². The molecule has 132 valence electrons. The van der Waals surface area contributed by atoms with Crippen molar-refractivity contribution in [3.63, 3.8) is 0 Å². The Balaban J connectivity index is 2.98. The molecule has 0 aliphatic carbocycles. The molecule has 1 aromatic carbocycles. The summed E-state index contributed by atoms with van der Waals surface area (Å²) in [7, 11) is 1.29. The summed E-state index contributed by atoms with van der Waals surface area (Å²) in [6.45, 7) is 4.82. The molecule has 0 fully saturated rings. The van der Waals surface area contributed by atoms with Gasteiger partial charge >= 0.3 is 5.97 Å². The monoisotopic (exact) mass is 336 g/mol. The van der Waals surface area contributed by atoms with E-state index in [0.717, 1.165) is 0 Å². The highest BCUT2D eigenvalue weighted by Crippen LogP contribution is 2.15. The van der Waals surface area contributed by atoms with E-state index in [0.29, 0.717) is 11.3 Å². The van der Waals surface area contributed by atoms with Gasteiger partial charge in [0.25, 0.3) is 5.91 Å². The van der Waals surface area contributed by atoms with E-state index in [9.17, 15) is 19.5 Å². The average Bonchev–Trinajstić information content (AvgIpc) is 2.51. The average molecular weight is 336 g/mol. The number of ether oxygens (including phenoxy) is 1. The number of hydrogen-bond acceptors (Lipinski definition) is 5. The molecule has 7 nitrogen and oxygen atoms in total. The first-order valence-corrected chi connectivity index (χ1v) is 7.67. The van der Waals surface area contributed by atoms with E-state index in [-0.39, 0.29) is 24.9 Å². The van der Waals surface area contributed by atoms with Gasteiger partial charge in [-0.15, -0.1) is 0 Å². The molecule has 0 heterocycles. The maximum atomic E-state index is 12.7. The number of carbonyl (C=O) groups is 3. The van der Waals surface area contributed by atoms with Crippen molar-refractivity contribution in [1.82, 2.24) is 4.90 Å². The third-order valence-corrected chi connectivity index (χ3v) is 3.30. The molecule has 0 spiro atoms. The zero-order valence-electron chi connectivity index (χ0n) is 14.4. The fraction of sp³-hybridized carbons (Fsp3) is 0.471. The summed E-state index contributed by atoms with van der Waals surface area (Å²) in [6.07, 6.45) is -0.739. The molecule has 0 radical (unpaired) electrons. The summed E-state index contributed by atoms with van der Waals surface area (Å²) in [5.41, 5.74) is 0.866. The van der Waals surface area contributed by atoms with E-state index in [1.54, 1.807) is 38.1 Å². The first kappa shape index (κ1) is 19.6. The maximum Gasteiger partial charge on any atom is 0.310 e. The molecular weight excluding hydrogens is 312 g/mol. The number of carbonyl (C=O) groups excluding carboxylic acids is 3. The van der Waals surface area contributed by atoms with Crippen LogP contribution in [-0.4, -0.2) is 54.1 Å². The third kappa shape index (κ3) is 6.00. The van der Waals surface area contributed by atoms with Crippen LogP contribution in [-0.2, 0) is 14.3 Å². The number of aliphatic hydroxyl groups excluding tert-OH is 1. The van der Waals surface area contributed by atoms with Gasteiger partial charge in [0.2, 0.25) is 5.91 Å². The van der Waals surface area contributed by atoms with Gasteiger partial charge in [0.05, 0.1) is 19.1 Å². The number of methoxy groups -OCH3 is 1. The van der Waals surface area contributed by atoms with Gasteiger partial charge < -0.3 is 20.1 Å². The molecule has 0 aromatic heterocycles.